The molecule has 1 rings (SSSR count). The van der Waals surface area contributed by atoms with Crippen LogP contribution < -0.4 is 10.5 Å². The molecule has 1 atom stereocenters. The summed E-state index contributed by atoms with van der Waals surface area (Å²) in [5.74, 6) is 0.434. The lowest BCUT2D eigenvalue weighted by Crippen LogP contribution is -2.14. The SMILES string of the molecule is Cc1ccc([C@@H](C)N)c(OCCC(F)(F)F)c1. The lowest BCUT2D eigenvalue weighted by molar-refractivity contribution is -0.139. The van der Waals surface area contributed by atoms with Gasteiger partial charge in [0.1, 0.15) is 5.75 Å². The summed E-state index contributed by atoms with van der Waals surface area (Å²) in [6, 6.07) is 5.07. The number of aryl methyl sites for hydroxylation is 1. The first-order chi connectivity index (χ1) is 7.79. The second-order valence-electron chi connectivity index (χ2n) is 4.04. The minimum Gasteiger partial charge on any atom is -0.493 e. The Morgan fingerprint density at radius 3 is 2.53 bits per heavy atom. The molecule has 5 heteroatoms. The van der Waals surface area contributed by atoms with Crippen molar-refractivity contribution in [3.8, 4) is 5.75 Å². The molecule has 2 N–H and O–H groups in total. The summed E-state index contributed by atoms with van der Waals surface area (Å²) in [5, 5.41) is 0. The number of hydrogen-bond acceptors (Lipinski definition) is 2. The maximum absolute atomic E-state index is 12.0. The molecule has 0 amide bonds. The van der Waals surface area contributed by atoms with Gasteiger partial charge in [-0.1, -0.05) is 12.1 Å². The van der Waals surface area contributed by atoms with Gasteiger partial charge in [-0.3, -0.25) is 0 Å². The highest BCUT2D eigenvalue weighted by Crippen LogP contribution is 2.26. The van der Waals surface area contributed by atoms with Crippen LogP contribution in [0.2, 0.25) is 0 Å². The Balaban J connectivity index is 2.72. The highest BCUT2D eigenvalue weighted by molar-refractivity contribution is 5.38. The Hall–Kier alpha value is -1.23. The largest absolute Gasteiger partial charge is 0.493 e. The third-order valence-electron chi connectivity index (χ3n) is 2.30. The van der Waals surface area contributed by atoms with E-state index in [0.717, 1.165) is 11.1 Å². The molecular weight excluding hydrogens is 231 g/mol. The number of rotatable bonds is 4. The first-order valence-electron chi connectivity index (χ1n) is 5.35. The predicted molar refractivity (Wildman–Crippen MR) is 59.9 cm³/mol. The molecule has 17 heavy (non-hydrogen) atoms. The molecule has 0 saturated carbocycles. The van der Waals surface area contributed by atoms with Gasteiger partial charge in [-0.05, 0) is 25.5 Å². The van der Waals surface area contributed by atoms with Crippen LogP contribution in [0.1, 0.15) is 30.5 Å². The molecule has 0 aliphatic carbocycles. The van der Waals surface area contributed by atoms with Crippen LogP contribution >= 0.6 is 0 Å². The molecule has 0 fully saturated rings. The van der Waals surface area contributed by atoms with Gasteiger partial charge in [-0.25, -0.2) is 0 Å². The average Bonchev–Trinajstić information content (AvgIpc) is 2.15. The third kappa shape index (κ3) is 4.65. The quantitative estimate of drug-likeness (QED) is 0.885. The summed E-state index contributed by atoms with van der Waals surface area (Å²) >= 11 is 0. The number of nitrogens with two attached hydrogens (primary N) is 1. The number of alkyl halides is 3. The molecule has 0 heterocycles. The highest BCUT2D eigenvalue weighted by atomic mass is 19.4. The first kappa shape index (κ1) is 13.8. The molecule has 0 bridgehead atoms. The van der Waals surface area contributed by atoms with E-state index in [0.29, 0.717) is 5.75 Å². The standard InChI is InChI=1S/C12H16F3NO/c1-8-3-4-10(9(2)16)11(7-8)17-6-5-12(13,14)15/h3-4,7,9H,5-6,16H2,1-2H3/t9-/m1/s1. The van der Waals surface area contributed by atoms with Crippen molar-refractivity contribution in [1.82, 2.24) is 0 Å². The molecule has 1 aromatic carbocycles. The Morgan fingerprint density at radius 2 is 2.00 bits per heavy atom. The van der Waals surface area contributed by atoms with Crippen molar-refractivity contribution >= 4 is 0 Å². The smallest absolute Gasteiger partial charge is 0.392 e. The Morgan fingerprint density at radius 1 is 1.35 bits per heavy atom. The molecule has 1 aromatic rings. The number of halogens is 3. The average molecular weight is 247 g/mol. The minimum atomic E-state index is -4.20. The molecule has 0 saturated heterocycles. The van der Waals surface area contributed by atoms with Crippen molar-refractivity contribution in [1.29, 1.82) is 0 Å². The monoisotopic (exact) mass is 247 g/mol. The molecule has 0 radical (unpaired) electrons. The lowest BCUT2D eigenvalue weighted by Gasteiger charge is -2.15. The molecule has 0 unspecified atom stereocenters. The zero-order chi connectivity index (χ0) is 13.1. The molecule has 0 aromatic heterocycles. The van der Waals surface area contributed by atoms with Gasteiger partial charge in [-0.15, -0.1) is 0 Å². The van der Waals surface area contributed by atoms with Crippen LogP contribution in [0.5, 0.6) is 5.75 Å². The van der Waals surface area contributed by atoms with Crippen LogP contribution in [-0.2, 0) is 0 Å². The van der Waals surface area contributed by atoms with Gasteiger partial charge < -0.3 is 10.5 Å². The number of hydrogen-bond donors (Lipinski definition) is 1. The van der Waals surface area contributed by atoms with E-state index < -0.39 is 12.6 Å². The summed E-state index contributed by atoms with van der Waals surface area (Å²) in [5.41, 5.74) is 7.37. The summed E-state index contributed by atoms with van der Waals surface area (Å²) in [7, 11) is 0. The van der Waals surface area contributed by atoms with E-state index in [9.17, 15) is 13.2 Å². The van der Waals surface area contributed by atoms with Crippen LogP contribution in [0.4, 0.5) is 13.2 Å². The van der Waals surface area contributed by atoms with Crippen molar-refractivity contribution in [3.63, 3.8) is 0 Å². The maximum atomic E-state index is 12.0. The predicted octanol–water partition coefficient (Wildman–Crippen LogP) is 3.35. The number of benzene rings is 1. The molecule has 0 aliphatic heterocycles. The van der Waals surface area contributed by atoms with Crippen molar-refractivity contribution in [2.24, 2.45) is 5.73 Å². The van der Waals surface area contributed by atoms with Crippen LogP contribution in [0, 0.1) is 6.92 Å². The van der Waals surface area contributed by atoms with E-state index >= 15 is 0 Å². The zero-order valence-corrected chi connectivity index (χ0v) is 9.84. The van der Waals surface area contributed by atoms with Crippen molar-refractivity contribution in [2.45, 2.75) is 32.5 Å². The molecular formula is C12H16F3NO. The normalized spacial score (nSPS) is 13.5. The van der Waals surface area contributed by atoms with Gasteiger partial charge in [0.25, 0.3) is 0 Å². The lowest BCUT2D eigenvalue weighted by atomic mass is 10.1. The summed E-state index contributed by atoms with van der Waals surface area (Å²) < 4.78 is 41.1. The molecule has 2 nitrogen and oxygen atoms in total. The van der Waals surface area contributed by atoms with Crippen molar-refractivity contribution in [3.05, 3.63) is 29.3 Å². The Kier molecular flexibility index (Phi) is 4.40. The fraction of sp³-hybridized carbons (Fsp3) is 0.500. The van der Waals surface area contributed by atoms with E-state index in [4.69, 9.17) is 10.5 Å². The fourth-order valence-corrected chi connectivity index (χ4v) is 1.42. The van der Waals surface area contributed by atoms with Gasteiger partial charge in [0, 0.05) is 11.6 Å². The van der Waals surface area contributed by atoms with Crippen LogP contribution in [0.3, 0.4) is 0 Å². The van der Waals surface area contributed by atoms with Gasteiger partial charge in [0.2, 0.25) is 0 Å². The second-order valence-corrected chi connectivity index (χ2v) is 4.04. The van der Waals surface area contributed by atoms with E-state index in [1.165, 1.54) is 0 Å². The summed E-state index contributed by atoms with van der Waals surface area (Å²) in [6.45, 7) is 3.23. The molecule has 96 valence electrons. The van der Waals surface area contributed by atoms with E-state index in [2.05, 4.69) is 0 Å². The van der Waals surface area contributed by atoms with Gasteiger partial charge >= 0.3 is 6.18 Å². The molecule has 0 spiro atoms. The van der Waals surface area contributed by atoms with Gasteiger partial charge in [0.15, 0.2) is 0 Å². The van der Waals surface area contributed by atoms with Crippen LogP contribution in [-0.4, -0.2) is 12.8 Å². The third-order valence-corrected chi connectivity index (χ3v) is 2.30. The van der Waals surface area contributed by atoms with Crippen LogP contribution in [0.25, 0.3) is 0 Å². The number of ether oxygens (including phenoxy) is 1. The Labute approximate surface area is 98.6 Å². The summed E-state index contributed by atoms with van der Waals surface area (Å²) in [6.07, 6.45) is -5.16. The van der Waals surface area contributed by atoms with E-state index in [-0.39, 0.29) is 12.6 Å². The second kappa shape index (κ2) is 5.40. The summed E-state index contributed by atoms with van der Waals surface area (Å²) in [4.78, 5) is 0. The van der Waals surface area contributed by atoms with E-state index in [1.54, 1.807) is 19.1 Å². The van der Waals surface area contributed by atoms with Gasteiger partial charge in [-0.2, -0.15) is 13.2 Å². The van der Waals surface area contributed by atoms with Gasteiger partial charge in [0.05, 0.1) is 13.0 Å². The molecule has 0 aliphatic rings. The maximum Gasteiger partial charge on any atom is 0.392 e. The van der Waals surface area contributed by atoms with Crippen molar-refractivity contribution in [2.75, 3.05) is 6.61 Å². The fourth-order valence-electron chi connectivity index (χ4n) is 1.42. The van der Waals surface area contributed by atoms with Crippen LogP contribution in [0.15, 0.2) is 18.2 Å². The zero-order valence-electron chi connectivity index (χ0n) is 9.84. The Bertz CT molecular complexity index is 375. The van der Waals surface area contributed by atoms with E-state index in [1.807, 2.05) is 13.0 Å². The topological polar surface area (TPSA) is 35.2 Å². The highest BCUT2D eigenvalue weighted by Gasteiger charge is 2.27. The first-order valence-corrected chi connectivity index (χ1v) is 5.35. The van der Waals surface area contributed by atoms with Crippen molar-refractivity contribution < 1.29 is 17.9 Å². The minimum absolute atomic E-state index is 0.267.